The Morgan fingerprint density at radius 1 is 1.05 bits per heavy atom. The van der Waals surface area contributed by atoms with E-state index >= 15 is 0 Å². The zero-order chi connectivity index (χ0) is 28.5. The van der Waals surface area contributed by atoms with Gasteiger partial charge in [0.15, 0.2) is 6.29 Å². The van der Waals surface area contributed by atoms with Crippen LogP contribution >= 0.6 is 0 Å². The highest BCUT2D eigenvalue weighted by Crippen LogP contribution is 2.23. The minimum absolute atomic E-state index is 0.0324. The van der Waals surface area contributed by atoms with Crippen LogP contribution < -0.4 is 21.5 Å². The van der Waals surface area contributed by atoms with Gasteiger partial charge in [-0.1, -0.05) is 45.9 Å². The average molecular weight is 546 g/mol. The summed E-state index contributed by atoms with van der Waals surface area (Å²) in [7, 11) is 0. The van der Waals surface area contributed by atoms with Gasteiger partial charge in [0.1, 0.15) is 6.04 Å². The lowest BCUT2D eigenvalue weighted by atomic mass is 9.84. The number of hydroxylamine groups is 1. The molecule has 0 aromatic heterocycles. The minimum Gasteiger partial charge on any atom is -0.351 e. The number of imide groups is 1. The third kappa shape index (κ3) is 8.24. The summed E-state index contributed by atoms with van der Waals surface area (Å²) < 4.78 is 5.50. The molecule has 0 saturated carbocycles. The van der Waals surface area contributed by atoms with Crippen LogP contribution in [0.4, 0.5) is 4.79 Å². The second kappa shape index (κ2) is 14.0. The van der Waals surface area contributed by atoms with Crippen molar-refractivity contribution in [1.82, 2.24) is 26.5 Å². The van der Waals surface area contributed by atoms with Gasteiger partial charge in [0.25, 0.3) is 11.8 Å². The van der Waals surface area contributed by atoms with E-state index in [1.165, 1.54) is 0 Å². The lowest BCUT2D eigenvalue weighted by Crippen LogP contribution is -2.53. The largest absolute Gasteiger partial charge is 0.351 e. The zero-order valence-electron chi connectivity index (χ0n) is 22.9. The van der Waals surface area contributed by atoms with Gasteiger partial charge >= 0.3 is 6.03 Å². The van der Waals surface area contributed by atoms with Crippen LogP contribution in [0.5, 0.6) is 0 Å². The van der Waals surface area contributed by atoms with Crippen molar-refractivity contribution >= 4 is 29.7 Å². The number of amides is 6. The van der Waals surface area contributed by atoms with E-state index in [1.54, 1.807) is 44.2 Å². The van der Waals surface area contributed by atoms with Crippen molar-refractivity contribution in [2.45, 2.75) is 65.7 Å². The molecule has 2 aliphatic rings. The van der Waals surface area contributed by atoms with E-state index in [1.807, 2.05) is 13.8 Å². The fourth-order valence-electron chi connectivity index (χ4n) is 4.53. The van der Waals surface area contributed by atoms with Gasteiger partial charge in [-0.05, 0) is 43.2 Å². The third-order valence-corrected chi connectivity index (χ3v) is 6.69. The standard InChI is InChI=1S/C27H39N5O7/c1-16(2)14-19(24(34)30-32-26(36)22(17(3)4)29-27(32)37)20(15-28-23(33)18-10-6-5-7-11-18)25(35)31-39-21-12-8-9-13-38-21/h5-7,10-11,16-17,19-22H,8-9,12-15H2,1-4H3,(H,28,33)(H,29,37)(H,30,34)(H,31,35)/t19-,20+,21?,22+/m1/s1. The molecule has 1 unspecified atom stereocenters. The lowest BCUT2D eigenvalue weighted by Gasteiger charge is -2.29. The minimum atomic E-state index is -1.08. The van der Waals surface area contributed by atoms with Crippen LogP contribution in [-0.4, -0.2) is 60.2 Å². The molecule has 39 heavy (non-hydrogen) atoms. The summed E-state index contributed by atoms with van der Waals surface area (Å²) in [5.41, 5.74) is 5.20. The number of ether oxygens (including phenoxy) is 1. The number of hydrazine groups is 1. The summed E-state index contributed by atoms with van der Waals surface area (Å²) >= 11 is 0. The summed E-state index contributed by atoms with van der Waals surface area (Å²) in [5, 5.41) is 5.95. The molecule has 0 spiro atoms. The van der Waals surface area contributed by atoms with Crippen molar-refractivity contribution in [2.75, 3.05) is 13.2 Å². The van der Waals surface area contributed by atoms with Crippen molar-refractivity contribution in [1.29, 1.82) is 0 Å². The maximum Gasteiger partial charge on any atom is 0.344 e. The van der Waals surface area contributed by atoms with Crippen molar-refractivity contribution in [3.05, 3.63) is 35.9 Å². The second-order valence-corrected chi connectivity index (χ2v) is 10.6. The number of urea groups is 1. The average Bonchev–Trinajstić information content (AvgIpc) is 3.20. The van der Waals surface area contributed by atoms with Crippen LogP contribution in [0.25, 0.3) is 0 Å². The number of nitrogens with one attached hydrogen (secondary N) is 4. The number of carbonyl (C=O) groups is 5. The van der Waals surface area contributed by atoms with E-state index in [0.717, 1.165) is 12.8 Å². The molecule has 0 radical (unpaired) electrons. The number of rotatable bonds is 12. The van der Waals surface area contributed by atoms with Crippen LogP contribution in [0.2, 0.25) is 0 Å². The first-order chi connectivity index (χ1) is 18.6. The number of carbonyl (C=O) groups excluding carboxylic acids is 5. The molecule has 4 N–H and O–H groups in total. The van der Waals surface area contributed by atoms with Crippen LogP contribution in [0.15, 0.2) is 30.3 Å². The maximum atomic E-state index is 13.5. The lowest BCUT2D eigenvalue weighted by molar-refractivity contribution is -0.203. The highest BCUT2D eigenvalue weighted by Gasteiger charge is 2.43. The number of hydrogen-bond donors (Lipinski definition) is 4. The molecular weight excluding hydrogens is 506 g/mol. The first kappa shape index (κ1) is 30.0. The highest BCUT2D eigenvalue weighted by molar-refractivity contribution is 6.05. The second-order valence-electron chi connectivity index (χ2n) is 10.6. The Hall–Kier alpha value is -3.51. The predicted octanol–water partition coefficient (Wildman–Crippen LogP) is 1.88. The molecule has 12 nitrogen and oxygen atoms in total. The molecule has 6 amide bonds. The molecule has 3 rings (SSSR count). The Balaban J connectivity index is 1.79. The van der Waals surface area contributed by atoms with E-state index in [9.17, 15) is 24.0 Å². The molecule has 2 fully saturated rings. The van der Waals surface area contributed by atoms with Gasteiger partial charge in [0.05, 0.1) is 11.8 Å². The Labute approximate surface area is 228 Å². The molecule has 1 aromatic rings. The van der Waals surface area contributed by atoms with E-state index in [0.29, 0.717) is 23.6 Å². The normalized spacial score (nSPS) is 20.9. The van der Waals surface area contributed by atoms with Crippen LogP contribution in [0.3, 0.4) is 0 Å². The Morgan fingerprint density at radius 3 is 2.36 bits per heavy atom. The van der Waals surface area contributed by atoms with Gasteiger partial charge in [-0.25, -0.2) is 15.1 Å². The summed E-state index contributed by atoms with van der Waals surface area (Å²) in [5.74, 6) is -4.61. The molecule has 0 aliphatic carbocycles. The molecule has 2 saturated heterocycles. The topological polar surface area (TPSA) is 155 Å². The van der Waals surface area contributed by atoms with Crippen molar-refractivity contribution in [2.24, 2.45) is 23.7 Å². The summed E-state index contributed by atoms with van der Waals surface area (Å²) in [6, 6.07) is 6.97. The molecule has 2 aliphatic heterocycles. The molecule has 12 heteroatoms. The van der Waals surface area contributed by atoms with E-state index in [4.69, 9.17) is 9.57 Å². The quantitative estimate of drug-likeness (QED) is 0.231. The van der Waals surface area contributed by atoms with Crippen molar-refractivity contribution < 1.29 is 33.5 Å². The smallest absolute Gasteiger partial charge is 0.344 e. The fourth-order valence-corrected chi connectivity index (χ4v) is 4.53. The van der Waals surface area contributed by atoms with Crippen LogP contribution in [-0.2, 0) is 24.0 Å². The Morgan fingerprint density at radius 2 is 1.77 bits per heavy atom. The van der Waals surface area contributed by atoms with Crippen LogP contribution in [0, 0.1) is 23.7 Å². The molecule has 0 bridgehead atoms. The number of benzene rings is 1. The predicted molar refractivity (Wildman–Crippen MR) is 140 cm³/mol. The van der Waals surface area contributed by atoms with Crippen molar-refractivity contribution in [3.63, 3.8) is 0 Å². The highest BCUT2D eigenvalue weighted by atomic mass is 16.8. The SMILES string of the molecule is CC(C)C[C@@H](C(=O)NN1C(=O)N[C@@H](C(C)C)C1=O)[C@H](CNC(=O)c1ccccc1)C(=O)NOC1CCCCO1. The summed E-state index contributed by atoms with van der Waals surface area (Å²) in [4.78, 5) is 70.3. The summed E-state index contributed by atoms with van der Waals surface area (Å²) in [6.45, 7) is 7.65. The van der Waals surface area contributed by atoms with Gasteiger partial charge in [-0.3, -0.25) is 24.6 Å². The van der Waals surface area contributed by atoms with Crippen molar-refractivity contribution in [3.8, 4) is 0 Å². The first-order valence-electron chi connectivity index (χ1n) is 13.4. The Kier molecular flexibility index (Phi) is 10.8. The Bertz CT molecular complexity index is 1030. The zero-order valence-corrected chi connectivity index (χ0v) is 22.9. The maximum absolute atomic E-state index is 13.5. The van der Waals surface area contributed by atoms with Gasteiger partial charge in [0, 0.05) is 25.1 Å². The molecule has 2 heterocycles. The third-order valence-electron chi connectivity index (χ3n) is 6.69. The van der Waals surface area contributed by atoms with Crippen LogP contribution in [0.1, 0.15) is 63.7 Å². The molecular formula is C27H39N5O7. The van der Waals surface area contributed by atoms with E-state index in [2.05, 4.69) is 21.5 Å². The van der Waals surface area contributed by atoms with E-state index in [-0.39, 0.29) is 24.8 Å². The summed E-state index contributed by atoms with van der Waals surface area (Å²) in [6.07, 6.45) is 2.02. The molecule has 4 atom stereocenters. The number of hydrogen-bond acceptors (Lipinski definition) is 7. The van der Waals surface area contributed by atoms with Gasteiger partial charge in [-0.15, -0.1) is 0 Å². The molecule has 214 valence electrons. The monoisotopic (exact) mass is 545 g/mol. The van der Waals surface area contributed by atoms with Gasteiger partial charge in [-0.2, -0.15) is 5.01 Å². The van der Waals surface area contributed by atoms with Gasteiger partial charge in [0.2, 0.25) is 11.8 Å². The molecule has 1 aromatic carbocycles. The number of nitrogens with zero attached hydrogens (tertiary/aromatic N) is 1. The first-order valence-corrected chi connectivity index (χ1v) is 13.4. The fraction of sp³-hybridized carbons (Fsp3) is 0.593. The van der Waals surface area contributed by atoms with E-state index < -0.39 is 53.8 Å². The van der Waals surface area contributed by atoms with Gasteiger partial charge < -0.3 is 15.4 Å².